The molecule has 8 heteroatoms. The van der Waals surface area contributed by atoms with Gasteiger partial charge in [0.05, 0.1) is 0 Å². The first-order chi connectivity index (χ1) is 14.9. The third-order valence-electron chi connectivity index (χ3n) is 5.46. The molecule has 1 aliphatic rings. The van der Waals surface area contributed by atoms with Gasteiger partial charge >= 0.3 is 5.97 Å². The second-order valence-corrected chi connectivity index (χ2v) is 7.49. The van der Waals surface area contributed by atoms with Crippen LogP contribution >= 0.6 is 0 Å². The SMILES string of the molecule is C/N=c1/c2c(C)ccnc2c(OC(C)=O)c2n1CCN(CCc1ccc(F)cc1)C2=O. The highest BCUT2D eigenvalue weighted by molar-refractivity contribution is 6.02. The van der Waals surface area contributed by atoms with E-state index >= 15 is 0 Å². The van der Waals surface area contributed by atoms with Gasteiger partial charge in [0, 0.05) is 45.2 Å². The lowest BCUT2D eigenvalue weighted by Crippen LogP contribution is -2.46. The molecule has 0 spiro atoms. The van der Waals surface area contributed by atoms with Crippen molar-refractivity contribution in [2.45, 2.75) is 26.8 Å². The molecule has 0 radical (unpaired) electrons. The molecule has 2 aromatic heterocycles. The number of ether oxygens (including phenoxy) is 1. The van der Waals surface area contributed by atoms with Crippen molar-refractivity contribution in [3.8, 4) is 5.75 Å². The van der Waals surface area contributed by atoms with E-state index in [0.29, 0.717) is 37.1 Å². The van der Waals surface area contributed by atoms with Gasteiger partial charge in [0.25, 0.3) is 5.91 Å². The molecular formula is C23H23FN4O3. The molecule has 3 aromatic rings. The van der Waals surface area contributed by atoms with Gasteiger partial charge in [0.2, 0.25) is 0 Å². The van der Waals surface area contributed by atoms with Gasteiger partial charge in [-0.3, -0.25) is 19.6 Å². The third-order valence-corrected chi connectivity index (χ3v) is 5.46. The normalized spacial score (nSPS) is 14.1. The zero-order valence-corrected chi connectivity index (χ0v) is 17.7. The van der Waals surface area contributed by atoms with Gasteiger partial charge in [0.15, 0.2) is 11.4 Å². The third kappa shape index (κ3) is 3.81. The number of benzene rings is 1. The smallest absolute Gasteiger partial charge is 0.308 e. The molecule has 0 saturated heterocycles. The maximum absolute atomic E-state index is 13.5. The Labute approximate surface area is 178 Å². The summed E-state index contributed by atoms with van der Waals surface area (Å²) in [6.45, 7) is 4.70. The Kier molecular flexibility index (Phi) is 5.54. The number of fused-ring (bicyclic) bond motifs is 2. The molecule has 1 aliphatic heterocycles. The molecule has 0 unspecified atom stereocenters. The lowest BCUT2D eigenvalue weighted by atomic mass is 10.1. The lowest BCUT2D eigenvalue weighted by molar-refractivity contribution is -0.131. The maximum Gasteiger partial charge on any atom is 0.308 e. The van der Waals surface area contributed by atoms with Crippen molar-refractivity contribution in [3.05, 3.63) is 64.7 Å². The zero-order chi connectivity index (χ0) is 22.1. The Hall–Kier alpha value is -3.55. The molecule has 0 bridgehead atoms. The van der Waals surface area contributed by atoms with Crippen LogP contribution in [0.5, 0.6) is 5.75 Å². The van der Waals surface area contributed by atoms with Crippen molar-refractivity contribution in [3.63, 3.8) is 0 Å². The van der Waals surface area contributed by atoms with Crippen LogP contribution in [0.15, 0.2) is 41.5 Å². The minimum absolute atomic E-state index is 0.162. The van der Waals surface area contributed by atoms with Crippen molar-refractivity contribution in [1.82, 2.24) is 14.5 Å². The lowest BCUT2D eigenvalue weighted by Gasteiger charge is -2.31. The first-order valence-electron chi connectivity index (χ1n) is 10.1. The molecular weight excluding hydrogens is 399 g/mol. The number of nitrogens with zero attached hydrogens (tertiary/aromatic N) is 4. The minimum Gasteiger partial charge on any atom is -0.422 e. The molecule has 7 nitrogen and oxygen atoms in total. The Morgan fingerprint density at radius 1 is 1.23 bits per heavy atom. The highest BCUT2D eigenvalue weighted by atomic mass is 19.1. The summed E-state index contributed by atoms with van der Waals surface area (Å²) in [7, 11) is 1.67. The maximum atomic E-state index is 13.5. The summed E-state index contributed by atoms with van der Waals surface area (Å²) in [6, 6.07) is 8.11. The van der Waals surface area contributed by atoms with Gasteiger partial charge in [-0.25, -0.2) is 4.39 Å². The first kappa shape index (κ1) is 20.7. The second-order valence-electron chi connectivity index (χ2n) is 7.49. The van der Waals surface area contributed by atoms with E-state index in [1.165, 1.54) is 19.1 Å². The highest BCUT2D eigenvalue weighted by Gasteiger charge is 2.32. The molecule has 0 fully saturated rings. The Morgan fingerprint density at radius 2 is 1.97 bits per heavy atom. The van der Waals surface area contributed by atoms with Crippen LogP contribution in [0.3, 0.4) is 0 Å². The Balaban J connectivity index is 1.80. The van der Waals surface area contributed by atoms with Crippen molar-refractivity contribution in [1.29, 1.82) is 0 Å². The average molecular weight is 422 g/mol. The number of hydrogen-bond donors (Lipinski definition) is 0. The monoisotopic (exact) mass is 422 g/mol. The molecule has 1 amide bonds. The average Bonchev–Trinajstić information content (AvgIpc) is 2.74. The number of pyridine rings is 2. The number of rotatable bonds is 4. The summed E-state index contributed by atoms with van der Waals surface area (Å²) in [6.07, 6.45) is 2.21. The predicted octanol–water partition coefficient (Wildman–Crippen LogP) is 2.64. The van der Waals surface area contributed by atoms with Gasteiger partial charge in [0.1, 0.15) is 16.8 Å². The van der Waals surface area contributed by atoms with E-state index in [2.05, 4.69) is 9.98 Å². The quantitative estimate of drug-likeness (QED) is 0.606. The van der Waals surface area contributed by atoms with E-state index in [-0.39, 0.29) is 23.2 Å². The molecule has 0 aliphatic carbocycles. The Bertz CT molecular complexity index is 1250. The molecule has 0 N–H and O–H groups in total. The number of carbonyl (C=O) groups excluding carboxylic acids is 2. The summed E-state index contributed by atoms with van der Waals surface area (Å²) in [5.41, 5.74) is 3.22. The number of aryl methyl sites for hydroxylation is 1. The van der Waals surface area contributed by atoms with Gasteiger partial charge in [-0.05, 0) is 42.7 Å². The van der Waals surface area contributed by atoms with Crippen molar-refractivity contribution >= 4 is 22.8 Å². The van der Waals surface area contributed by atoms with Crippen LogP contribution in [0.4, 0.5) is 4.39 Å². The minimum atomic E-state index is -0.523. The van der Waals surface area contributed by atoms with Crippen LogP contribution in [0, 0.1) is 12.7 Å². The van der Waals surface area contributed by atoms with Crippen LogP contribution in [-0.4, -0.2) is 46.5 Å². The molecule has 31 heavy (non-hydrogen) atoms. The summed E-state index contributed by atoms with van der Waals surface area (Å²) in [5.74, 6) is -0.903. The van der Waals surface area contributed by atoms with Crippen molar-refractivity contribution in [2.75, 3.05) is 20.1 Å². The number of halogens is 1. The number of esters is 1. The summed E-state index contributed by atoms with van der Waals surface area (Å²) >= 11 is 0. The van der Waals surface area contributed by atoms with Crippen molar-refractivity contribution < 1.29 is 18.7 Å². The summed E-state index contributed by atoms with van der Waals surface area (Å²) in [4.78, 5) is 35.9. The Morgan fingerprint density at radius 3 is 2.65 bits per heavy atom. The zero-order valence-electron chi connectivity index (χ0n) is 17.7. The number of aromatic nitrogens is 2. The molecule has 4 rings (SSSR count). The van der Waals surface area contributed by atoms with Crippen molar-refractivity contribution in [2.24, 2.45) is 4.99 Å². The first-order valence-corrected chi connectivity index (χ1v) is 10.1. The van der Waals surface area contributed by atoms with Gasteiger partial charge in [-0.1, -0.05) is 12.1 Å². The largest absolute Gasteiger partial charge is 0.422 e. The second kappa shape index (κ2) is 8.29. The summed E-state index contributed by atoms with van der Waals surface area (Å²) < 4.78 is 20.5. The van der Waals surface area contributed by atoms with E-state index < -0.39 is 5.97 Å². The van der Waals surface area contributed by atoms with Crippen LogP contribution in [-0.2, 0) is 17.8 Å². The number of amides is 1. The van der Waals surface area contributed by atoms with Crippen LogP contribution in [0.1, 0.15) is 28.5 Å². The van der Waals surface area contributed by atoms with Gasteiger partial charge < -0.3 is 14.2 Å². The van der Waals surface area contributed by atoms with E-state index in [0.717, 1.165) is 16.5 Å². The van der Waals surface area contributed by atoms with E-state index in [1.54, 1.807) is 30.3 Å². The number of hydrogen-bond acceptors (Lipinski definition) is 5. The molecule has 0 atom stereocenters. The topological polar surface area (TPSA) is 76.8 Å². The molecule has 3 heterocycles. The molecule has 0 saturated carbocycles. The van der Waals surface area contributed by atoms with Gasteiger partial charge in [-0.15, -0.1) is 0 Å². The van der Waals surface area contributed by atoms with Crippen LogP contribution in [0.2, 0.25) is 0 Å². The van der Waals surface area contributed by atoms with E-state index in [9.17, 15) is 14.0 Å². The molecule has 1 aromatic carbocycles. The van der Waals surface area contributed by atoms with Gasteiger partial charge in [-0.2, -0.15) is 0 Å². The van der Waals surface area contributed by atoms with E-state index in [4.69, 9.17) is 4.74 Å². The highest BCUT2D eigenvalue weighted by Crippen LogP contribution is 2.30. The van der Waals surface area contributed by atoms with Crippen LogP contribution in [0.25, 0.3) is 10.9 Å². The fourth-order valence-corrected chi connectivity index (χ4v) is 3.99. The summed E-state index contributed by atoms with van der Waals surface area (Å²) in [5, 5.41) is 0.762. The van der Waals surface area contributed by atoms with Crippen LogP contribution < -0.4 is 10.2 Å². The predicted molar refractivity (Wildman–Crippen MR) is 113 cm³/mol. The fourth-order valence-electron chi connectivity index (χ4n) is 3.99. The standard InChI is InChI=1S/C23H23FN4O3/c1-14-8-10-26-19-18(14)22(25-3)28-13-12-27(11-9-16-4-6-17(24)7-5-16)23(30)20(28)21(19)31-15(2)29/h4-8,10H,9,11-13H2,1-3H3/b25-22-. The number of carbonyl (C=O) groups is 2. The fraction of sp³-hybridized carbons (Fsp3) is 0.304. The molecule has 160 valence electrons. The van der Waals surface area contributed by atoms with E-state index in [1.807, 2.05) is 17.6 Å².